The summed E-state index contributed by atoms with van der Waals surface area (Å²) < 4.78 is 7.56. The second-order valence-corrected chi connectivity index (χ2v) is 27.8. The molecule has 3 nitrogen and oxygen atoms in total. The lowest BCUT2D eigenvalue weighted by Gasteiger charge is -2.47. The van der Waals surface area contributed by atoms with E-state index < -0.39 is 0 Å². The number of anilines is 6. The van der Waals surface area contributed by atoms with Crippen molar-refractivity contribution in [2.45, 2.75) is 162 Å². The van der Waals surface area contributed by atoms with Crippen LogP contribution in [0.2, 0.25) is 0 Å². The number of benzene rings is 6. The number of furan rings is 1. The van der Waals surface area contributed by atoms with Gasteiger partial charge in [-0.05, 0) is 175 Å². The highest BCUT2D eigenvalue weighted by Crippen LogP contribution is 2.54. The summed E-state index contributed by atoms with van der Waals surface area (Å²) in [6.45, 7) is 36.1. The summed E-state index contributed by atoms with van der Waals surface area (Å²) in [5, 5.41) is 1.21. The standard InChI is InChI=1S/C63H76B6N2O/c1-33-26-46-56-47(27-33)71(44-20-16-34(58(2,3)4)28-37(44)49-50(64)52(66)54(68)53(67)51(49)65)57-55(38-29-35(59(5,6)7)17-21-48(38)72-57)69(56)43-31-41-42(63(14,15)25-24-62(41,12)13)32-45(43)70(46)36-18-19-39-40(30-36)61(10,11)23-22-60(39,8)9/h16-21,26-32H,22-25,64-68H2,1-15H3. The summed E-state index contributed by atoms with van der Waals surface area (Å²) in [5.74, 6) is 0.931. The molecule has 6 aromatic carbocycles. The highest BCUT2D eigenvalue weighted by atomic mass is 16.4. The van der Waals surface area contributed by atoms with Gasteiger partial charge in [-0.3, -0.25) is 4.90 Å². The van der Waals surface area contributed by atoms with E-state index in [0.29, 0.717) is 0 Å². The van der Waals surface area contributed by atoms with E-state index in [1.54, 1.807) is 0 Å². The molecule has 9 heteroatoms. The molecule has 0 radical (unpaired) electrons. The summed E-state index contributed by atoms with van der Waals surface area (Å²) in [6, 6.07) is 32.2. The van der Waals surface area contributed by atoms with Crippen LogP contribution in [0.15, 0.2) is 83.3 Å². The highest BCUT2D eigenvalue weighted by Gasteiger charge is 2.49. The molecule has 4 aliphatic rings. The van der Waals surface area contributed by atoms with E-state index in [2.05, 4.69) is 232 Å². The molecular weight excluding hydrogens is 866 g/mol. The number of aryl methyl sites for hydroxylation is 1. The van der Waals surface area contributed by atoms with Crippen molar-refractivity contribution in [1.82, 2.24) is 0 Å². The van der Waals surface area contributed by atoms with Gasteiger partial charge in [0.15, 0.2) is 0 Å². The average Bonchev–Trinajstić information content (AvgIpc) is 3.68. The molecule has 11 rings (SSSR count). The normalized spacial score (nSPS) is 18.1. The van der Waals surface area contributed by atoms with Crippen LogP contribution in [0.5, 0.6) is 0 Å². The molecule has 0 N–H and O–H groups in total. The molecule has 2 aliphatic heterocycles. The van der Waals surface area contributed by atoms with Crippen molar-refractivity contribution >= 4 is 135 Å². The van der Waals surface area contributed by atoms with Crippen LogP contribution in [0.25, 0.3) is 22.1 Å². The van der Waals surface area contributed by atoms with Crippen molar-refractivity contribution in [2.24, 2.45) is 0 Å². The van der Waals surface area contributed by atoms with Crippen LogP contribution in [-0.4, -0.2) is 45.9 Å². The number of fused-ring (bicyclic) bond motifs is 8. The van der Waals surface area contributed by atoms with Crippen LogP contribution in [0.4, 0.5) is 34.3 Å². The van der Waals surface area contributed by atoms with E-state index in [4.69, 9.17) is 4.42 Å². The van der Waals surface area contributed by atoms with Gasteiger partial charge in [0, 0.05) is 39.2 Å². The Bertz CT molecular complexity index is 3460. The molecule has 0 bridgehead atoms. The van der Waals surface area contributed by atoms with Crippen molar-refractivity contribution in [3.05, 3.63) is 118 Å². The Morgan fingerprint density at radius 1 is 0.486 bits per heavy atom. The first kappa shape index (κ1) is 49.1. The van der Waals surface area contributed by atoms with Crippen LogP contribution in [-0.2, 0) is 32.5 Å². The van der Waals surface area contributed by atoms with E-state index in [9.17, 15) is 0 Å². The lowest BCUT2D eigenvalue weighted by atomic mass is 9.33. The zero-order valence-electron chi connectivity index (χ0n) is 47.7. The smallest absolute Gasteiger partial charge is 0.257 e. The zero-order chi connectivity index (χ0) is 51.9. The van der Waals surface area contributed by atoms with Crippen LogP contribution in [0, 0.1) is 6.92 Å². The summed E-state index contributed by atoms with van der Waals surface area (Å²) in [5.41, 5.74) is 30.4. The van der Waals surface area contributed by atoms with Gasteiger partial charge in [-0.25, -0.2) is 0 Å². The monoisotopic (exact) mass is 943 g/mol. The number of rotatable bonds is 3. The SMILES string of the molecule is Bc1c(B)c(B)c(-c2cc(C(C)(C)C)ccc2N2c3cc(C)cc4c3B(c3cc5c(cc3N4c3ccc4c(c3)C(C)(C)CCC4(C)C)C(C)(C)CCC5(C)C)c3c2oc2ccc(C(C)(C)C)cc32)c(B)c1B. The fourth-order valence-electron chi connectivity index (χ4n) is 13.7. The van der Waals surface area contributed by atoms with Gasteiger partial charge in [0.25, 0.3) is 6.71 Å². The van der Waals surface area contributed by atoms with Crippen molar-refractivity contribution in [1.29, 1.82) is 0 Å². The van der Waals surface area contributed by atoms with Crippen LogP contribution in [0.1, 0.15) is 162 Å². The van der Waals surface area contributed by atoms with Gasteiger partial charge in [-0.2, -0.15) is 0 Å². The third-order valence-corrected chi connectivity index (χ3v) is 19.1. The topological polar surface area (TPSA) is 19.6 Å². The third kappa shape index (κ3) is 7.18. The molecule has 0 amide bonds. The minimum absolute atomic E-state index is 0.0215. The fourth-order valence-corrected chi connectivity index (χ4v) is 13.7. The van der Waals surface area contributed by atoms with Crippen molar-refractivity contribution < 1.29 is 4.42 Å². The van der Waals surface area contributed by atoms with Gasteiger partial charge in [0.2, 0.25) is 5.88 Å². The average molecular weight is 942 g/mol. The molecule has 3 heterocycles. The molecular formula is C63H76B6N2O. The molecule has 2 aliphatic carbocycles. The second kappa shape index (κ2) is 15.7. The lowest BCUT2D eigenvalue weighted by molar-refractivity contribution is 0.332. The first-order valence-corrected chi connectivity index (χ1v) is 27.3. The van der Waals surface area contributed by atoms with Gasteiger partial charge < -0.3 is 9.32 Å². The van der Waals surface area contributed by atoms with Crippen molar-refractivity contribution in [3.8, 4) is 11.1 Å². The molecule has 0 spiro atoms. The maximum atomic E-state index is 7.56. The fraction of sp³-hybridized carbons (Fsp3) is 0.397. The zero-order valence-corrected chi connectivity index (χ0v) is 47.7. The molecule has 0 fully saturated rings. The van der Waals surface area contributed by atoms with Crippen LogP contribution in [0.3, 0.4) is 0 Å². The maximum Gasteiger partial charge on any atom is 0.257 e. The number of hydrogen-bond donors (Lipinski definition) is 0. The third-order valence-electron chi connectivity index (χ3n) is 19.1. The predicted molar refractivity (Wildman–Crippen MR) is 329 cm³/mol. The Hall–Kier alpha value is -5.15. The summed E-state index contributed by atoms with van der Waals surface area (Å²) in [7, 11) is 11.6. The lowest BCUT2D eigenvalue weighted by Crippen LogP contribution is -2.61. The van der Waals surface area contributed by atoms with Crippen LogP contribution < -0.4 is 53.5 Å². The summed E-state index contributed by atoms with van der Waals surface area (Å²) >= 11 is 0. The quantitative estimate of drug-likeness (QED) is 0.177. The Kier molecular flexibility index (Phi) is 10.7. The minimum atomic E-state index is -0.0756. The van der Waals surface area contributed by atoms with Gasteiger partial charge in [-0.1, -0.05) is 132 Å². The molecule has 7 aromatic rings. The molecule has 0 atom stereocenters. The molecule has 362 valence electrons. The molecule has 1 aromatic heterocycles. The largest absolute Gasteiger partial charge is 0.440 e. The van der Waals surface area contributed by atoms with Crippen molar-refractivity contribution in [2.75, 3.05) is 9.80 Å². The Balaban J connectivity index is 1.31. The van der Waals surface area contributed by atoms with E-state index in [-0.39, 0.29) is 39.2 Å². The first-order chi connectivity index (χ1) is 33.4. The molecule has 72 heavy (non-hydrogen) atoms. The minimum Gasteiger partial charge on any atom is -0.440 e. The van der Waals surface area contributed by atoms with E-state index in [0.717, 1.165) is 30.0 Å². The Labute approximate surface area is 437 Å². The first-order valence-electron chi connectivity index (χ1n) is 27.3. The molecule has 0 saturated carbocycles. The summed E-state index contributed by atoms with van der Waals surface area (Å²) in [4.78, 5) is 5.26. The van der Waals surface area contributed by atoms with Gasteiger partial charge >= 0.3 is 0 Å². The Morgan fingerprint density at radius 2 is 0.986 bits per heavy atom. The number of nitrogens with zero attached hydrogens (tertiary/aromatic N) is 2. The van der Waals surface area contributed by atoms with E-state index in [1.165, 1.54) is 135 Å². The summed E-state index contributed by atoms with van der Waals surface area (Å²) in [6.07, 6.45) is 4.68. The van der Waals surface area contributed by atoms with Crippen LogP contribution >= 0.6 is 0 Å². The molecule has 0 unspecified atom stereocenters. The van der Waals surface area contributed by atoms with E-state index >= 15 is 0 Å². The van der Waals surface area contributed by atoms with E-state index in [1.807, 2.05) is 0 Å². The Morgan fingerprint density at radius 3 is 1.57 bits per heavy atom. The van der Waals surface area contributed by atoms with Gasteiger partial charge in [-0.15, -0.1) is 16.4 Å². The van der Waals surface area contributed by atoms with Gasteiger partial charge in [0.1, 0.15) is 44.8 Å². The van der Waals surface area contributed by atoms with Gasteiger partial charge in [0.05, 0.1) is 5.69 Å². The number of hydrogen-bond acceptors (Lipinski definition) is 3. The predicted octanol–water partition coefficient (Wildman–Crippen LogP) is 7.08. The second-order valence-electron chi connectivity index (χ2n) is 27.8. The maximum absolute atomic E-state index is 7.56. The van der Waals surface area contributed by atoms with Crippen molar-refractivity contribution in [3.63, 3.8) is 0 Å². The highest BCUT2D eigenvalue weighted by molar-refractivity contribution is 7.01. The molecule has 0 saturated heterocycles.